The molecule has 0 spiro atoms. The fraction of sp³-hybridized carbons (Fsp3) is 0.529. The van der Waals surface area contributed by atoms with Crippen molar-refractivity contribution in [3.05, 3.63) is 29.8 Å². The number of amides is 1. The molecule has 0 bridgehead atoms. The average Bonchev–Trinajstić information content (AvgIpc) is 2.46. The summed E-state index contributed by atoms with van der Waals surface area (Å²) in [6.07, 6.45) is 0.396. The van der Waals surface area contributed by atoms with E-state index in [1.165, 1.54) is 0 Å². The summed E-state index contributed by atoms with van der Waals surface area (Å²) in [5, 5.41) is 11.7. The molecule has 1 atom stereocenters. The second-order valence-corrected chi connectivity index (χ2v) is 6.17. The van der Waals surface area contributed by atoms with Gasteiger partial charge in [-0.05, 0) is 50.7 Å². The Morgan fingerprint density at radius 1 is 1.22 bits per heavy atom. The van der Waals surface area contributed by atoms with E-state index in [0.717, 1.165) is 6.54 Å². The molecular weight excluding hydrogens is 296 g/mol. The molecule has 0 radical (unpaired) electrons. The fourth-order valence-electron chi connectivity index (χ4n) is 1.98. The Morgan fingerprint density at radius 3 is 2.30 bits per heavy atom. The second-order valence-electron chi connectivity index (χ2n) is 6.17. The zero-order valence-electron chi connectivity index (χ0n) is 14.2. The lowest BCUT2D eigenvalue weighted by Crippen LogP contribution is -2.41. The highest BCUT2D eigenvalue weighted by Gasteiger charge is 2.21. The summed E-state index contributed by atoms with van der Waals surface area (Å²) in [7, 11) is 3.93. The molecule has 6 heteroatoms. The molecule has 0 fully saturated rings. The molecule has 0 saturated heterocycles. The number of carbonyl (C=O) groups excluding carboxylic acids is 1. The molecule has 2 N–H and O–H groups in total. The van der Waals surface area contributed by atoms with Gasteiger partial charge in [-0.15, -0.1) is 0 Å². The quantitative estimate of drug-likeness (QED) is 0.725. The van der Waals surface area contributed by atoms with Crippen molar-refractivity contribution in [3.8, 4) is 5.75 Å². The van der Waals surface area contributed by atoms with Crippen LogP contribution < -0.4 is 10.1 Å². The Hall–Kier alpha value is -2.08. The summed E-state index contributed by atoms with van der Waals surface area (Å²) in [6, 6.07) is 5.81. The van der Waals surface area contributed by atoms with Crippen LogP contribution in [0.15, 0.2) is 24.3 Å². The SMILES string of the molecule is CC(C)CC(NC(=O)c1ccc(OCCN(C)C)cc1)C(=O)O. The summed E-state index contributed by atoms with van der Waals surface area (Å²) in [4.78, 5) is 25.3. The molecule has 0 heterocycles. The highest BCUT2D eigenvalue weighted by atomic mass is 16.5. The van der Waals surface area contributed by atoms with Crippen molar-refractivity contribution in [3.63, 3.8) is 0 Å². The minimum atomic E-state index is -1.02. The number of carboxylic acids is 1. The van der Waals surface area contributed by atoms with Crippen molar-refractivity contribution in [1.82, 2.24) is 10.2 Å². The Bertz CT molecular complexity index is 512. The number of hydrogen-bond acceptors (Lipinski definition) is 4. The van der Waals surface area contributed by atoms with Crippen LogP contribution in [0, 0.1) is 5.92 Å². The highest BCUT2D eigenvalue weighted by molar-refractivity contribution is 5.96. The normalized spacial score (nSPS) is 12.3. The Kier molecular flexibility index (Phi) is 7.54. The minimum Gasteiger partial charge on any atom is -0.492 e. The number of aliphatic carboxylic acids is 1. The van der Waals surface area contributed by atoms with Crippen LogP contribution in [-0.4, -0.2) is 55.2 Å². The first-order valence-corrected chi connectivity index (χ1v) is 7.71. The van der Waals surface area contributed by atoms with Gasteiger partial charge in [-0.25, -0.2) is 4.79 Å². The predicted molar refractivity (Wildman–Crippen MR) is 88.8 cm³/mol. The van der Waals surface area contributed by atoms with Crippen LogP contribution in [0.2, 0.25) is 0 Å². The molecule has 1 aromatic rings. The Balaban J connectivity index is 2.60. The van der Waals surface area contributed by atoms with Crippen molar-refractivity contribution in [2.75, 3.05) is 27.2 Å². The number of benzene rings is 1. The lowest BCUT2D eigenvalue weighted by atomic mass is 10.0. The number of rotatable bonds is 9. The van der Waals surface area contributed by atoms with E-state index in [0.29, 0.717) is 24.3 Å². The van der Waals surface area contributed by atoms with E-state index >= 15 is 0 Å². The van der Waals surface area contributed by atoms with Gasteiger partial charge in [0, 0.05) is 12.1 Å². The summed E-state index contributed by atoms with van der Waals surface area (Å²) in [5.41, 5.74) is 0.417. The molecule has 23 heavy (non-hydrogen) atoms. The Morgan fingerprint density at radius 2 is 1.83 bits per heavy atom. The molecule has 0 aliphatic carbocycles. The summed E-state index contributed by atoms with van der Waals surface area (Å²) in [6.45, 7) is 5.20. The molecule has 0 saturated carbocycles. The molecule has 1 unspecified atom stereocenters. The van der Waals surface area contributed by atoms with Gasteiger partial charge in [0.05, 0.1) is 0 Å². The number of nitrogens with zero attached hydrogens (tertiary/aromatic N) is 1. The smallest absolute Gasteiger partial charge is 0.326 e. The Labute approximate surface area is 137 Å². The fourth-order valence-corrected chi connectivity index (χ4v) is 1.98. The van der Waals surface area contributed by atoms with E-state index in [4.69, 9.17) is 9.84 Å². The van der Waals surface area contributed by atoms with Crippen molar-refractivity contribution < 1.29 is 19.4 Å². The van der Waals surface area contributed by atoms with Gasteiger partial charge < -0.3 is 20.1 Å². The van der Waals surface area contributed by atoms with Crippen molar-refractivity contribution >= 4 is 11.9 Å². The zero-order valence-corrected chi connectivity index (χ0v) is 14.2. The predicted octanol–water partition coefficient (Wildman–Crippen LogP) is 1.86. The topological polar surface area (TPSA) is 78.9 Å². The molecule has 1 amide bonds. The number of nitrogens with one attached hydrogen (secondary N) is 1. The van der Waals surface area contributed by atoms with Crippen LogP contribution in [0.25, 0.3) is 0 Å². The summed E-state index contributed by atoms with van der Waals surface area (Å²) < 4.78 is 5.56. The lowest BCUT2D eigenvalue weighted by molar-refractivity contribution is -0.139. The van der Waals surface area contributed by atoms with E-state index < -0.39 is 17.9 Å². The number of ether oxygens (including phenoxy) is 1. The standard InChI is InChI=1S/C17H26N2O4/c1-12(2)11-15(17(21)22)18-16(20)13-5-7-14(8-6-13)23-10-9-19(3)4/h5-8,12,15H,9-11H2,1-4H3,(H,18,20)(H,21,22). The first-order chi connectivity index (χ1) is 10.8. The zero-order chi connectivity index (χ0) is 17.4. The third kappa shape index (κ3) is 7.15. The molecule has 128 valence electrons. The number of likely N-dealkylation sites (N-methyl/N-ethyl adjacent to an activating group) is 1. The third-order valence-electron chi connectivity index (χ3n) is 3.23. The maximum Gasteiger partial charge on any atom is 0.326 e. The van der Waals surface area contributed by atoms with Gasteiger partial charge in [-0.1, -0.05) is 13.8 Å². The molecule has 0 aliphatic heterocycles. The van der Waals surface area contributed by atoms with Gasteiger partial charge in [-0.2, -0.15) is 0 Å². The van der Waals surface area contributed by atoms with Gasteiger partial charge in [0.15, 0.2) is 0 Å². The van der Waals surface area contributed by atoms with Gasteiger partial charge in [0.2, 0.25) is 0 Å². The highest BCUT2D eigenvalue weighted by Crippen LogP contribution is 2.13. The van der Waals surface area contributed by atoms with Gasteiger partial charge in [0.25, 0.3) is 5.91 Å². The van der Waals surface area contributed by atoms with Gasteiger partial charge >= 0.3 is 5.97 Å². The van der Waals surface area contributed by atoms with Crippen LogP contribution in [-0.2, 0) is 4.79 Å². The van der Waals surface area contributed by atoms with E-state index in [1.54, 1.807) is 24.3 Å². The summed E-state index contributed by atoms with van der Waals surface area (Å²) in [5.74, 6) is -0.544. The van der Waals surface area contributed by atoms with E-state index in [2.05, 4.69) is 5.32 Å². The second kappa shape index (κ2) is 9.15. The molecule has 0 aliphatic rings. The number of hydrogen-bond donors (Lipinski definition) is 2. The van der Waals surface area contributed by atoms with Gasteiger partial charge in [0.1, 0.15) is 18.4 Å². The monoisotopic (exact) mass is 322 g/mol. The van der Waals surface area contributed by atoms with Crippen LogP contribution in [0.1, 0.15) is 30.6 Å². The first kappa shape index (κ1) is 19.0. The summed E-state index contributed by atoms with van der Waals surface area (Å²) >= 11 is 0. The maximum absolute atomic E-state index is 12.1. The average molecular weight is 322 g/mol. The molecule has 6 nitrogen and oxygen atoms in total. The molecular formula is C17H26N2O4. The van der Waals surface area contributed by atoms with Gasteiger partial charge in [-0.3, -0.25) is 4.79 Å². The maximum atomic E-state index is 12.1. The van der Waals surface area contributed by atoms with Crippen LogP contribution in [0.5, 0.6) is 5.75 Å². The first-order valence-electron chi connectivity index (χ1n) is 7.71. The van der Waals surface area contributed by atoms with Crippen LogP contribution >= 0.6 is 0 Å². The van der Waals surface area contributed by atoms with Crippen LogP contribution in [0.3, 0.4) is 0 Å². The van der Waals surface area contributed by atoms with E-state index in [-0.39, 0.29) is 5.92 Å². The van der Waals surface area contributed by atoms with Crippen molar-refractivity contribution in [2.45, 2.75) is 26.3 Å². The lowest BCUT2D eigenvalue weighted by Gasteiger charge is -2.16. The third-order valence-corrected chi connectivity index (χ3v) is 3.23. The van der Waals surface area contributed by atoms with Crippen molar-refractivity contribution in [2.24, 2.45) is 5.92 Å². The largest absolute Gasteiger partial charge is 0.492 e. The number of carboxylic acid groups (broad SMARTS) is 1. The van der Waals surface area contributed by atoms with Crippen LogP contribution in [0.4, 0.5) is 0 Å². The van der Waals surface area contributed by atoms with E-state index in [1.807, 2.05) is 32.8 Å². The van der Waals surface area contributed by atoms with E-state index in [9.17, 15) is 9.59 Å². The molecule has 1 rings (SSSR count). The minimum absolute atomic E-state index is 0.184. The molecule has 0 aromatic heterocycles. The van der Waals surface area contributed by atoms with Crippen molar-refractivity contribution in [1.29, 1.82) is 0 Å². The molecule has 1 aromatic carbocycles. The number of carbonyl (C=O) groups is 2.